The van der Waals surface area contributed by atoms with Crippen LogP contribution >= 0.6 is 11.3 Å². The molecule has 0 amide bonds. The van der Waals surface area contributed by atoms with Crippen molar-refractivity contribution < 1.29 is 0 Å². The number of hydrogen-bond acceptors (Lipinski definition) is 5. The zero-order chi connectivity index (χ0) is 19.2. The number of nitrogens with one attached hydrogen (secondary N) is 2. The summed E-state index contributed by atoms with van der Waals surface area (Å²) in [6, 6.07) is 4.13. The minimum atomic E-state index is 0.563. The molecule has 0 spiro atoms. The molecule has 27 heavy (non-hydrogen) atoms. The second-order valence-corrected chi connectivity index (χ2v) is 7.38. The molecule has 3 aromatic rings. The van der Waals surface area contributed by atoms with Crippen molar-refractivity contribution in [3.05, 3.63) is 46.9 Å². The van der Waals surface area contributed by atoms with Crippen molar-refractivity contribution in [2.24, 2.45) is 4.99 Å². The van der Waals surface area contributed by atoms with E-state index in [-0.39, 0.29) is 0 Å². The van der Waals surface area contributed by atoms with E-state index < -0.39 is 0 Å². The fourth-order valence-corrected chi connectivity index (χ4v) is 3.46. The number of guanidine groups is 1. The van der Waals surface area contributed by atoms with E-state index in [1.54, 1.807) is 11.3 Å². The van der Waals surface area contributed by atoms with Crippen molar-refractivity contribution in [3.63, 3.8) is 0 Å². The highest BCUT2D eigenvalue weighted by Crippen LogP contribution is 2.18. The van der Waals surface area contributed by atoms with Gasteiger partial charge >= 0.3 is 0 Å². The van der Waals surface area contributed by atoms with Crippen molar-refractivity contribution in [1.29, 1.82) is 0 Å². The van der Waals surface area contributed by atoms with Gasteiger partial charge in [-0.2, -0.15) is 0 Å². The summed E-state index contributed by atoms with van der Waals surface area (Å²) in [5, 5.41) is 9.72. The average molecular weight is 386 g/mol. The van der Waals surface area contributed by atoms with Crippen LogP contribution in [0.5, 0.6) is 0 Å². The number of hydrogen-bond donors (Lipinski definition) is 2. The average Bonchev–Trinajstić information content (AvgIpc) is 3.27. The predicted octanol–water partition coefficient (Wildman–Crippen LogP) is 2.46. The van der Waals surface area contributed by atoms with E-state index in [0.29, 0.717) is 6.54 Å². The van der Waals surface area contributed by atoms with E-state index >= 15 is 0 Å². The lowest BCUT2D eigenvalue weighted by Crippen LogP contribution is -2.38. The quantitative estimate of drug-likeness (QED) is 0.483. The zero-order valence-corrected chi connectivity index (χ0v) is 17.2. The summed E-state index contributed by atoms with van der Waals surface area (Å²) in [6.45, 7) is 6.30. The molecule has 3 rings (SSSR count). The number of aromatic nitrogens is 3. The van der Waals surface area contributed by atoms with Crippen LogP contribution < -0.4 is 15.5 Å². The first-order chi connectivity index (χ1) is 13.1. The van der Waals surface area contributed by atoms with Gasteiger partial charge in [0.05, 0.1) is 17.9 Å². The Morgan fingerprint density at radius 2 is 2.11 bits per heavy atom. The number of anilines is 1. The number of pyridine rings is 1. The van der Waals surface area contributed by atoms with Crippen LogP contribution in [0.15, 0.2) is 34.9 Å². The van der Waals surface area contributed by atoms with E-state index in [2.05, 4.69) is 56.5 Å². The van der Waals surface area contributed by atoms with Crippen LogP contribution in [0.2, 0.25) is 0 Å². The summed E-state index contributed by atoms with van der Waals surface area (Å²) in [5.74, 6) is 0.803. The molecule has 7 nitrogen and oxygen atoms in total. The Morgan fingerprint density at radius 3 is 2.81 bits per heavy atom. The van der Waals surface area contributed by atoms with Gasteiger partial charge in [-0.05, 0) is 25.5 Å². The molecule has 0 bridgehead atoms. The molecule has 3 aromatic heterocycles. The van der Waals surface area contributed by atoms with Gasteiger partial charge in [0.2, 0.25) is 0 Å². The lowest BCUT2D eigenvalue weighted by Gasteiger charge is -2.10. The highest BCUT2D eigenvalue weighted by Gasteiger charge is 2.06. The summed E-state index contributed by atoms with van der Waals surface area (Å²) in [6.07, 6.45) is 4.97. The lowest BCUT2D eigenvalue weighted by atomic mass is 10.3. The molecule has 0 saturated carbocycles. The molecule has 8 heteroatoms. The second kappa shape index (κ2) is 8.85. The third kappa shape index (κ3) is 4.97. The van der Waals surface area contributed by atoms with Gasteiger partial charge in [-0.1, -0.05) is 6.07 Å². The van der Waals surface area contributed by atoms with Crippen LogP contribution in [-0.2, 0) is 13.0 Å². The molecule has 0 aromatic carbocycles. The fourth-order valence-electron chi connectivity index (χ4n) is 2.71. The Morgan fingerprint density at radius 1 is 1.26 bits per heavy atom. The van der Waals surface area contributed by atoms with Gasteiger partial charge in [0.25, 0.3) is 0 Å². The van der Waals surface area contributed by atoms with E-state index in [4.69, 9.17) is 4.98 Å². The first-order valence-electron chi connectivity index (χ1n) is 9.14. The first-order valence-corrected chi connectivity index (χ1v) is 10.0. The maximum absolute atomic E-state index is 4.72. The Hall–Kier alpha value is -2.61. The SMILES string of the molecule is CCNC(=NCc1csc(N(C)C)n1)NCCc1cn2cccc(C)c2n1. The van der Waals surface area contributed by atoms with Crippen molar-refractivity contribution in [2.45, 2.75) is 26.8 Å². The predicted molar refractivity (Wildman–Crippen MR) is 113 cm³/mol. The van der Waals surface area contributed by atoms with Crippen molar-refractivity contribution in [1.82, 2.24) is 25.0 Å². The van der Waals surface area contributed by atoms with Crippen LogP contribution in [0.25, 0.3) is 5.65 Å². The molecule has 0 aliphatic rings. The molecule has 0 atom stereocenters. The van der Waals surface area contributed by atoms with Gasteiger partial charge < -0.3 is 19.9 Å². The fraction of sp³-hybridized carbons (Fsp3) is 0.421. The van der Waals surface area contributed by atoms with Crippen LogP contribution in [0.3, 0.4) is 0 Å². The van der Waals surface area contributed by atoms with E-state index in [1.165, 1.54) is 5.56 Å². The molecule has 0 radical (unpaired) electrons. The summed E-state index contributed by atoms with van der Waals surface area (Å²) in [4.78, 5) is 15.9. The molecule has 0 unspecified atom stereocenters. The third-order valence-electron chi connectivity index (χ3n) is 4.07. The van der Waals surface area contributed by atoms with E-state index in [1.807, 2.05) is 31.3 Å². The number of aryl methyl sites for hydroxylation is 1. The van der Waals surface area contributed by atoms with Gasteiger partial charge in [0, 0.05) is 51.4 Å². The van der Waals surface area contributed by atoms with Gasteiger partial charge in [-0.15, -0.1) is 11.3 Å². The second-order valence-electron chi connectivity index (χ2n) is 6.54. The summed E-state index contributed by atoms with van der Waals surface area (Å²) >= 11 is 1.64. The van der Waals surface area contributed by atoms with Gasteiger partial charge in [-0.25, -0.2) is 15.0 Å². The summed E-state index contributed by atoms with van der Waals surface area (Å²) < 4.78 is 2.08. The maximum atomic E-state index is 4.72. The largest absolute Gasteiger partial charge is 0.357 e. The molecule has 0 saturated heterocycles. The molecular weight excluding hydrogens is 358 g/mol. The molecule has 0 aliphatic carbocycles. The third-order valence-corrected chi connectivity index (χ3v) is 5.12. The molecule has 0 fully saturated rings. The molecule has 3 heterocycles. The smallest absolute Gasteiger partial charge is 0.191 e. The van der Waals surface area contributed by atoms with E-state index in [0.717, 1.165) is 47.6 Å². The number of thiazole rings is 1. The number of imidazole rings is 1. The lowest BCUT2D eigenvalue weighted by molar-refractivity contribution is 0.789. The Balaban J connectivity index is 1.57. The monoisotopic (exact) mass is 385 g/mol. The first kappa shape index (κ1) is 19.2. The highest BCUT2D eigenvalue weighted by molar-refractivity contribution is 7.13. The number of aliphatic imine (C=N–C) groups is 1. The van der Waals surface area contributed by atoms with Crippen LogP contribution in [-0.4, -0.2) is 47.5 Å². The van der Waals surface area contributed by atoms with Gasteiger partial charge in [-0.3, -0.25) is 0 Å². The molecule has 0 aliphatic heterocycles. The zero-order valence-electron chi connectivity index (χ0n) is 16.4. The highest BCUT2D eigenvalue weighted by atomic mass is 32.1. The van der Waals surface area contributed by atoms with Gasteiger partial charge in [0.1, 0.15) is 5.65 Å². The van der Waals surface area contributed by atoms with Gasteiger partial charge in [0.15, 0.2) is 11.1 Å². The minimum Gasteiger partial charge on any atom is -0.357 e. The number of nitrogens with zero attached hydrogens (tertiary/aromatic N) is 5. The molecular formula is C19H27N7S. The number of fused-ring (bicyclic) bond motifs is 1. The normalized spacial score (nSPS) is 11.8. The Kier molecular flexibility index (Phi) is 6.28. The van der Waals surface area contributed by atoms with Crippen LogP contribution in [0, 0.1) is 6.92 Å². The Labute approximate surface area is 164 Å². The maximum Gasteiger partial charge on any atom is 0.191 e. The van der Waals surface area contributed by atoms with Crippen molar-refractivity contribution in [3.8, 4) is 0 Å². The molecule has 144 valence electrons. The van der Waals surface area contributed by atoms with Crippen molar-refractivity contribution in [2.75, 3.05) is 32.1 Å². The summed E-state index contributed by atoms with van der Waals surface area (Å²) in [5.41, 5.74) is 4.26. The van der Waals surface area contributed by atoms with E-state index in [9.17, 15) is 0 Å². The standard InChI is InChI=1S/C19H27N7S/c1-5-20-18(22-11-16-13-27-19(24-16)25(3)4)21-9-8-15-12-26-10-6-7-14(2)17(26)23-15/h6-7,10,12-13H,5,8-9,11H2,1-4H3,(H2,20,21,22). The molecule has 2 N–H and O–H groups in total. The Bertz CT molecular complexity index is 910. The summed E-state index contributed by atoms with van der Waals surface area (Å²) in [7, 11) is 4.00. The topological polar surface area (TPSA) is 69.9 Å². The van der Waals surface area contributed by atoms with Crippen LogP contribution in [0.1, 0.15) is 23.9 Å². The number of rotatable bonds is 7. The van der Waals surface area contributed by atoms with Crippen molar-refractivity contribution >= 4 is 28.1 Å². The minimum absolute atomic E-state index is 0.563. The van der Waals surface area contributed by atoms with Crippen LogP contribution in [0.4, 0.5) is 5.13 Å².